The lowest BCUT2D eigenvalue weighted by atomic mass is 10.2. The molecule has 1 fully saturated rings. The first-order valence-electron chi connectivity index (χ1n) is 9.56. The summed E-state index contributed by atoms with van der Waals surface area (Å²) in [5.74, 6) is 0. The van der Waals surface area contributed by atoms with Crippen molar-refractivity contribution < 1.29 is 9.82 Å². The SMILES string of the molecule is Cc1ccccc1-n1cnn(C[NH+]2CCN(c3ccc([N+](=O)[O-])cc3)CC2)c1=S. The van der Waals surface area contributed by atoms with Gasteiger partial charge in [0.05, 0.1) is 36.8 Å². The predicted octanol–water partition coefficient (Wildman–Crippen LogP) is 1.98. The van der Waals surface area contributed by atoms with Crippen molar-refractivity contribution in [2.24, 2.45) is 0 Å². The first-order chi connectivity index (χ1) is 14.0. The Bertz CT molecular complexity index is 1070. The Labute approximate surface area is 173 Å². The summed E-state index contributed by atoms with van der Waals surface area (Å²) >= 11 is 5.65. The third-order valence-electron chi connectivity index (χ3n) is 5.38. The van der Waals surface area contributed by atoms with Crippen molar-refractivity contribution in [2.45, 2.75) is 13.6 Å². The number of quaternary nitrogens is 1. The molecule has 8 nitrogen and oxygen atoms in total. The molecule has 1 aromatic heterocycles. The highest BCUT2D eigenvalue weighted by atomic mass is 32.1. The average molecular weight is 412 g/mol. The number of para-hydroxylation sites is 1. The minimum Gasteiger partial charge on any atom is -0.360 e. The van der Waals surface area contributed by atoms with E-state index >= 15 is 0 Å². The number of aryl methyl sites for hydroxylation is 1. The van der Waals surface area contributed by atoms with Gasteiger partial charge in [0.15, 0.2) is 6.67 Å². The van der Waals surface area contributed by atoms with Crippen LogP contribution in [0.5, 0.6) is 0 Å². The lowest BCUT2D eigenvalue weighted by molar-refractivity contribution is -0.924. The molecule has 1 aliphatic rings. The van der Waals surface area contributed by atoms with Crippen LogP contribution < -0.4 is 9.80 Å². The first kappa shape index (κ1) is 19.3. The number of hydrogen-bond donors (Lipinski definition) is 1. The number of nitrogens with one attached hydrogen (secondary N) is 1. The third kappa shape index (κ3) is 4.06. The fraction of sp³-hybridized carbons (Fsp3) is 0.300. The molecule has 2 heterocycles. The lowest BCUT2D eigenvalue weighted by Crippen LogP contribution is -3.14. The Hall–Kier alpha value is -3.04. The van der Waals surface area contributed by atoms with E-state index in [2.05, 4.69) is 23.0 Å². The van der Waals surface area contributed by atoms with Gasteiger partial charge in [-0.25, -0.2) is 0 Å². The second kappa shape index (κ2) is 8.14. The fourth-order valence-electron chi connectivity index (χ4n) is 3.68. The molecule has 150 valence electrons. The summed E-state index contributed by atoms with van der Waals surface area (Å²) < 4.78 is 4.54. The maximum atomic E-state index is 10.8. The standard InChI is InChI=1S/C20H22N6O2S/c1-16-4-2-3-5-19(16)24-14-21-25(20(24)29)15-22-10-12-23(13-11-22)17-6-8-18(9-7-17)26(27)28/h2-9,14H,10-13,15H2,1H3/p+1. The number of non-ortho nitro benzene ring substituents is 1. The van der Waals surface area contributed by atoms with Crippen LogP contribution in [0.15, 0.2) is 54.9 Å². The van der Waals surface area contributed by atoms with Gasteiger partial charge in [-0.2, -0.15) is 9.78 Å². The molecule has 0 bridgehead atoms. The van der Waals surface area contributed by atoms with Gasteiger partial charge >= 0.3 is 0 Å². The summed E-state index contributed by atoms with van der Waals surface area (Å²) in [5.41, 5.74) is 3.36. The van der Waals surface area contributed by atoms with E-state index in [9.17, 15) is 10.1 Å². The third-order valence-corrected chi connectivity index (χ3v) is 5.79. The quantitative estimate of drug-likeness (QED) is 0.395. The van der Waals surface area contributed by atoms with Gasteiger partial charge in [-0.15, -0.1) is 0 Å². The van der Waals surface area contributed by atoms with Gasteiger partial charge in [0.2, 0.25) is 4.77 Å². The number of piperazine rings is 1. The van der Waals surface area contributed by atoms with Crippen LogP contribution in [0, 0.1) is 21.8 Å². The number of nitro groups is 1. The van der Waals surface area contributed by atoms with Gasteiger partial charge in [-0.1, -0.05) is 18.2 Å². The normalized spacial score (nSPS) is 14.9. The summed E-state index contributed by atoms with van der Waals surface area (Å²) in [6.45, 7) is 6.48. The molecule has 1 saturated heterocycles. The fourth-order valence-corrected chi connectivity index (χ4v) is 3.94. The molecule has 3 aromatic rings. The highest BCUT2D eigenvalue weighted by Gasteiger charge is 2.22. The van der Waals surface area contributed by atoms with Crippen molar-refractivity contribution in [1.29, 1.82) is 0 Å². The van der Waals surface area contributed by atoms with Crippen LogP contribution in [0.25, 0.3) is 5.69 Å². The zero-order valence-corrected chi connectivity index (χ0v) is 17.0. The first-order valence-corrected chi connectivity index (χ1v) is 9.97. The number of benzene rings is 2. The predicted molar refractivity (Wildman–Crippen MR) is 113 cm³/mol. The van der Waals surface area contributed by atoms with Crippen LogP contribution in [0.1, 0.15) is 5.56 Å². The summed E-state index contributed by atoms with van der Waals surface area (Å²) in [6.07, 6.45) is 1.79. The molecule has 2 aromatic carbocycles. The Morgan fingerprint density at radius 2 is 1.83 bits per heavy atom. The van der Waals surface area contributed by atoms with Crippen molar-refractivity contribution in [3.05, 3.63) is 75.3 Å². The molecule has 0 atom stereocenters. The maximum Gasteiger partial charge on any atom is 0.269 e. The topological polar surface area (TPSA) is 73.6 Å². The van der Waals surface area contributed by atoms with Crippen LogP contribution in [0.3, 0.4) is 0 Å². The number of aromatic nitrogens is 3. The Morgan fingerprint density at radius 1 is 1.14 bits per heavy atom. The zero-order chi connectivity index (χ0) is 20.4. The van der Waals surface area contributed by atoms with Gasteiger partial charge in [0.1, 0.15) is 6.33 Å². The number of nitro benzene ring substituents is 1. The van der Waals surface area contributed by atoms with E-state index in [1.165, 1.54) is 4.90 Å². The van der Waals surface area contributed by atoms with Crippen molar-refractivity contribution in [3.63, 3.8) is 0 Å². The zero-order valence-electron chi connectivity index (χ0n) is 16.2. The molecule has 0 aliphatic carbocycles. The molecular weight excluding hydrogens is 388 g/mol. The number of rotatable bonds is 5. The monoisotopic (exact) mass is 411 g/mol. The molecule has 0 unspecified atom stereocenters. The van der Waals surface area contributed by atoms with E-state index in [1.807, 2.05) is 39.6 Å². The molecule has 1 N–H and O–H groups in total. The van der Waals surface area contributed by atoms with Crippen LogP contribution in [0.2, 0.25) is 0 Å². The van der Waals surface area contributed by atoms with Crippen molar-refractivity contribution in [3.8, 4) is 5.69 Å². The summed E-state index contributed by atoms with van der Waals surface area (Å²) in [4.78, 5) is 14.1. The molecule has 29 heavy (non-hydrogen) atoms. The Balaban J connectivity index is 1.40. The van der Waals surface area contributed by atoms with Crippen molar-refractivity contribution >= 4 is 23.6 Å². The number of anilines is 1. The van der Waals surface area contributed by atoms with Crippen LogP contribution >= 0.6 is 12.2 Å². The van der Waals surface area contributed by atoms with Crippen molar-refractivity contribution in [1.82, 2.24) is 14.3 Å². The highest BCUT2D eigenvalue weighted by Crippen LogP contribution is 2.19. The molecule has 0 radical (unpaired) electrons. The van der Waals surface area contributed by atoms with Gasteiger partial charge < -0.3 is 9.80 Å². The molecule has 0 spiro atoms. The van der Waals surface area contributed by atoms with E-state index < -0.39 is 0 Å². The number of nitrogens with zero attached hydrogens (tertiary/aromatic N) is 5. The second-order valence-electron chi connectivity index (χ2n) is 7.24. The molecule has 1 aliphatic heterocycles. The smallest absolute Gasteiger partial charge is 0.269 e. The average Bonchev–Trinajstić information content (AvgIpc) is 3.09. The van der Waals surface area contributed by atoms with E-state index in [0.29, 0.717) is 4.77 Å². The van der Waals surface area contributed by atoms with Crippen LogP contribution in [-0.2, 0) is 6.67 Å². The van der Waals surface area contributed by atoms with Crippen LogP contribution in [0.4, 0.5) is 11.4 Å². The minimum absolute atomic E-state index is 0.122. The van der Waals surface area contributed by atoms with E-state index in [0.717, 1.165) is 49.8 Å². The Morgan fingerprint density at radius 3 is 2.48 bits per heavy atom. The minimum atomic E-state index is -0.369. The van der Waals surface area contributed by atoms with Gasteiger partial charge in [0.25, 0.3) is 5.69 Å². The van der Waals surface area contributed by atoms with Crippen molar-refractivity contribution in [2.75, 3.05) is 31.1 Å². The summed E-state index contributed by atoms with van der Waals surface area (Å²) in [5, 5.41) is 15.3. The lowest BCUT2D eigenvalue weighted by Gasteiger charge is -2.33. The van der Waals surface area contributed by atoms with Gasteiger partial charge in [0, 0.05) is 17.8 Å². The number of hydrogen-bond acceptors (Lipinski definition) is 5. The molecule has 0 saturated carbocycles. The summed E-state index contributed by atoms with van der Waals surface area (Å²) in [7, 11) is 0. The molecule has 4 rings (SSSR count). The largest absolute Gasteiger partial charge is 0.360 e. The molecular formula is C20H23N6O2S+. The maximum absolute atomic E-state index is 10.8. The molecule has 9 heteroatoms. The van der Waals surface area contributed by atoms with E-state index in [1.54, 1.807) is 18.5 Å². The summed E-state index contributed by atoms with van der Waals surface area (Å²) in [6, 6.07) is 14.9. The highest BCUT2D eigenvalue weighted by molar-refractivity contribution is 7.71. The van der Waals surface area contributed by atoms with Crippen LogP contribution in [-0.4, -0.2) is 45.4 Å². The van der Waals surface area contributed by atoms with Gasteiger partial charge in [-0.05, 0) is 42.9 Å². The van der Waals surface area contributed by atoms with E-state index in [4.69, 9.17) is 12.2 Å². The molecule has 0 amide bonds. The Kier molecular flexibility index (Phi) is 5.41. The van der Waals surface area contributed by atoms with Gasteiger partial charge in [-0.3, -0.25) is 14.7 Å². The second-order valence-corrected chi connectivity index (χ2v) is 7.60. The van der Waals surface area contributed by atoms with E-state index in [-0.39, 0.29) is 10.6 Å².